The van der Waals surface area contributed by atoms with Crippen molar-refractivity contribution in [2.24, 2.45) is 40.4 Å². The van der Waals surface area contributed by atoms with E-state index in [4.69, 9.17) is 0 Å². The van der Waals surface area contributed by atoms with Gasteiger partial charge in [-0.2, -0.15) is 0 Å². The Morgan fingerprint density at radius 3 is 2.60 bits per heavy atom. The summed E-state index contributed by atoms with van der Waals surface area (Å²) < 4.78 is 0. The fraction of sp³-hybridized carbons (Fsp3) is 0.857. The zero-order valence-electron chi connectivity index (χ0n) is 20.2. The van der Waals surface area contributed by atoms with Gasteiger partial charge in [0.05, 0.1) is 11.2 Å². The molecule has 0 aromatic heterocycles. The summed E-state index contributed by atoms with van der Waals surface area (Å²) in [7, 11) is 0. The Hall–Kier alpha value is -0.600. The molecule has 0 unspecified atom stereocenters. The smallest absolute Gasteiger partial charge is 0.0797 e. The molecule has 0 amide bonds. The van der Waals surface area contributed by atoms with Crippen molar-refractivity contribution in [2.75, 3.05) is 0 Å². The minimum absolute atomic E-state index is 0.318. The second kappa shape index (κ2) is 7.48. The SMILES string of the molecule is C=C[C@](C)(O)CC[C@@H](C)[C@H]1CC[C@H]2[C@@H]3CC=C4C[C@@](C)(O)CC[C@]4(C)[C@H]3CC[C@]12C. The Labute approximate surface area is 185 Å². The van der Waals surface area contributed by atoms with Crippen molar-refractivity contribution in [2.45, 2.75) is 110 Å². The predicted octanol–water partition coefficient (Wildman–Crippen LogP) is 6.67. The maximum atomic E-state index is 10.7. The van der Waals surface area contributed by atoms with Crippen LogP contribution >= 0.6 is 0 Å². The third-order valence-electron chi connectivity index (χ3n) is 10.7. The van der Waals surface area contributed by atoms with E-state index in [9.17, 15) is 10.2 Å². The number of hydrogen-bond donors (Lipinski definition) is 2. The molecule has 0 heterocycles. The summed E-state index contributed by atoms with van der Waals surface area (Å²) in [4.78, 5) is 0. The molecule has 4 rings (SSSR count). The molecule has 9 atom stereocenters. The Bertz CT molecular complexity index is 703. The first-order chi connectivity index (χ1) is 13.9. The van der Waals surface area contributed by atoms with Gasteiger partial charge in [-0.05, 0) is 118 Å². The van der Waals surface area contributed by atoms with Crippen LogP contribution in [0.5, 0.6) is 0 Å². The van der Waals surface area contributed by atoms with Gasteiger partial charge in [-0.25, -0.2) is 0 Å². The first-order valence-electron chi connectivity index (χ1n) is 12.7. The number of hydrogen-bond acceptors (Lipinski definition) is 2. The highest BCUT2D eigenvalue weighted by Crippen LogP contribution is 2.67. The molecular weight excluding hydrogens is 368 g/mol. The topological polar surface area (TPSA) is 40.5 Å². The highest BCUT2D eigenvalue weighted by atomic mass is 16.3. The highest BCUT2D eigenvalue weighted by molar-refractivity contribution is 5.26. The fourth-order valence-corrected chi connectivity index (χ4v) is 8.60. The molecule has 0 radical (unpaired) electrons. The molecule has 0 saturated heterocycles. The molecular formula is C28H46O2. The Kier molecular flexibility index (Phi) is 5.63. The van der Waals surface area contributed by atoms with Gasteiger partial charge >= 0.3 is 0 Å². The zero-order chi connectivity index (χ0) is 21.9. The van der Waals surface area contributed by atoms with Crippen molar-refractivity contribution >= 4 is 0 Å². The monoisotopic (exact) mass is 414 g/mol. The fourth-order valence-electron chi connectivity index (χ4n) is 8.60. The van der Waals surface area contributed by atoms with Crippen LogP contribution in [0.15, 0.2) is 24.3 Å². The van der Waals surface area contributed by atoms with Gasteiger partial charge in [0.25, 0.3) is 0 Å². The molecule has 3 fully saturated rings. The minimum Gasteiger partial charge on any atom is -0.390 e. The Morgan fingerprint density at radius 2 is 1.90 bits per heavy atom. The zero-order valence-corrected chi connectivity index (χ0v) is 20.2. The van der Waals surface area contributed by atoms with Crippen LogP contribution < -0.4 is 0 Å². The molecule has 3 saturated carbocycles. The number of fused-ring (bicyclic) bond motifs is 5. The molecule has 2 N–H and O–H groups in total. The quantitative estimate of drug-likeness (QED) is 0.493. The standard InChI is InChI=1S/C28H46O2/c1-7-25(3,29)14-12-19(2)22-10-11-23-21-9-8-20-18-26(4,30)16-17-27(20,5)24(21)13-15-28(22,23)6/h7-8,19,21-24,29-30H,1,9-18H2,2-6H3/t19-,21+,22-,23+,24+,25+,26+,27+,28-/m1/s1. The molecule has 170 valence electrons. The maximum absolute atomic E-state index is 10.7. The van der Waals surface area contributed by atoms with Crippen molar-refractivity contribution in [3.63, 3.8) is 0 Å². The van der Waals surface area contributed by atoms with Gasteiger partial charge in [-0.15, -0.1) is 6.58 Å². The molecule has 2 nitrogen and oxygen atoms in total. The van der Waals surface area contributed by atoms with E-state index in [0.29, 0.717) is 16.7 Å². The van der Waals surface area contributed by atoms with Crippen molar-refractivity contribution in [3.8, 4) is 0 Å². The first kappa shape index (κ1) is 22.6. The lowest BCUT2D eigenvalue weighted by Gasteiger charge is -2.59. The van der Waals surface area contributed by atoms with Gasteiger partial charge in [-0.1, -0.05) is 38.5 Å². The average molecular weight is 415 g/mol. The second-order valence-corrected chi connectivity index (χ2v) is 12.7. The Balaban J connectivity index is 1.51. The van der Waals surface area contributed by atoms with Crippen molar-refractivity contribution in [3.05, 3.63) is 24.3 Å². The van der Waals surface area contributed by atoms with Crippen LogP contribution in [0.2, 0.25) is 0 Å². The van der Waals surface area contributed by atoms with Crippen LogP contribution in [0.4, 0.5) is 0 Å². The third-order valence-corrected chi connectivity index (χ3v) is 10.7. The normalized spacial score (nSPS) is 48.6. The van der Waals surface area contributed by atoms with Crippen LogP contribution in [-0.4, -0.2) is 21.4 Å². The molecule has 2 heteroatoms. The van der Waals surface area contributed by atoms with Crippen LogP contribution in [0.25, 0.3) is 0 Å². The summed E-state index contributed by atoms with van der Waals surface area (Å²) in [6.07, 6.45) is 15.9. The van der Waals surface area contributed by atoms with Crippen LogP contribution in [-0.2, 0) is 0 Å². The molecule has 0 aliphatic heterocycles. The summed E-state index contributed by atoms with van der Waals surface area (Å²) in [6.45, 7) is 15.3. The maximum Gasteiger partial charge on any atom is 0.0797 e. The highest BCUT2D eigenvalue weighted by Gasteiger charge is 2.59. The first-order valence-corrected chi connectivity index (χ1v) is 12.7. The largest absolute Gasteiger partial charge is 0.390 e. The number of aliphatic hydroxyl groups is 2. The van der Waals surface area contributed by atoms with E-state index in [-0.39, 0.29) is 0 Å². The number of allylic oxidation sites excluding steroid dienone is 1. The Morgan fingerprint density at radius 1 is 1.17 bits per heavy atom. The molecule has 4 aliphatic carbocycles. The summed E-state index contributed by atoms with van der Waals surface area (Å²) >= 11 is 0. The van der Waals surface area contributed by atoms with E-state index < -0.39 is 11.2 Å². The van der Waals surface area contributed by atoms with Gasteiger partial charge in [-0.3, -0.25) is 0 Å². The molecule has 4 aliphatic rings. The second-order valence-electron chi connectivity index (χ2n) is 12.7. The van der Waals surface area contributed by atoms with Crippen LogP contribution in [0.3, 0.4) is 0 Å². The van der Waals surface area contributed by atoms with Gasteiger partial charge in [0, 0.05) is 0 Å². The van der Waals surface area contributed by atoms with Gasteiger partial charge in [0.1, 0.15) is 0 Å². The minimum atomic E-state index is -0.730. The van der Waals surface area contributed by atoms with Crippen molar-refractivity contribution < 1.29 is 10.2 Å². The van der Waals surface area contributed by atoms with Gasteiger partial charge < -0.3 is 10.2 Å². The molecule has 0 aromatic carbocycles. The molecule has 0 aromatic rings. The van der Waals surface area contributed by atoms with Crippen LogP contribution in [0.1, 0.15) is 98.8 Å². The van der Waals surface area contributed by atoms with Crippen molar-refractivity contribution in [1.82, 2.24) is 0 Å². The third kappa shape index (κ3) is 3.64. The van der Waals surface area contributed by atoms with Crippen LogP contribution in [0, 0.1) is 40.4 Å². The van der Waals surface area contributed by atoms with E-state index in [1.165, 1.54) is 32.1 Å². The molecule has 30 heavy (non-hydrogen) atoms. The lowest BCUT2D eigenvalue weighted by molar-refractivity contribution is -0.0711. The number of rotatable bonds is 5. The van der Waals surface area contributed by atoms with Gasteiger partial charge in [0.2, 0.25) is 0 Å². The lowest BCUT2D eigenvalue weighted by atomic mass is 9.46. The molecule has 0 spiro atoms. The van der Waals surface area contributed by atoms with E-state index in [1.54, 1.807) is 11.6 Å². The van der Waals surface area contributed by atoms with Gasteiger partial charge in [0.15, 0.2) is 0 Å². The van der Waals surface area contributed by atoms with E-state index in [2.05, 4.69) is 33.4 Å². The summed E-state index contributed by atoms with van der Waals surface area (Å²) in [5.41, 5.74) is 1.12. The van der Waals surface area contributed by atoms with Crippen molar-refractivity contribution in [1.29, 1.82) is 0 Å². The van der Waals surface area contributed by atoms with E-state index in [0.717, 1.165) is 55.8 Å². The summed E-state index contributed by atoms with van der Waals surface area (Å²) in [6, 6.07) is 0. The predicted molar refractivity (Wildman–Crippen MR) is 125 cm³/mol. The lowest BCUT2D eigenvalue weighted by Crippen LogP contribution is -2.52. The average Bonchev–Trinajstić information content (AvgIpc) is 3.04. The summed E-state index contributed by atoms with van der Waals surface area (Å²) in [5, 5.41) is 21.1. The van der Waals surface area contributed by atoms with E-state index >= 15 is 0 Å². The summed E-state index contributed by atoms with van der Waals surface area (Å²) in [5.74, 6) is 3.93. The van der Waals surface area contributed by atoms with E-state index in [1.807, 2.05) is 13.8 Å². The molecule has 0 bridgehead atoms.